The summed E-state index contributed by atoms with van der Waals surface area (Å²) in [5, 5.41) is 6.39. The lowest BCUT2D eigenvalue weighted by molar-refractivity contribution is 0.102. The molecule has 2 heterocycles. The molecule has 2 N–H and O–H groups in total. The number of anilines is 2. The Morgan fingerprint density at radius 2 is 1.93 bits per heavy atom. The van der Waals surface area contributed by atoms with E-state index in [4.69, 9.17) is 0 Å². The Morgan fingerprint density at radius 3 is 2.67 bits per heavy atom. The molecule has 4 rings (SSSR count). The van der Waals surface area contributed by atoms with Crippen molar-refractivity contribution in [2.24, 2.45) is 0 Å². The van der Waals surface area contributed by atoms with Gasteiger partial charge in [0.2, 0.25) is 0 Å². The minimum atomic E-state index is -0.337. The summed E-state index contributed by atoms with van der Waals surface area (Å²) in [6.45, 7) is 4.82. The van der Waals surface area contributed by atoms with E-state index in [1.165, 1.54) is 35.4 Å². The van der Waals surface area contributed by atoms with Crippen molar-refractivity contribution in [3.63, 3.8) is 0 Å². The van der Waals surface area contributed by atoms with Crippen LogP contribution in [-0.4, -0.2) is 30.0 Å². The molecule has 1 aliphatic heterocycles. The molecular weight excluding hydrogens is 379 g/mol. The number of carbonyl (C=O) groups excluding carboxylic acids is 1. The number of benzene rings is 2. The Balaban J connectivity index is 1.31. The van der Waals surface area contributed by atoms with Gasteiger partial charge >= 0.3 is 0 Å². The van der Waals surface area contributed by atoms with E-state index < -0.39 is 0 Å². The Morgan fingerprint density at radius 1 is 1.13 bits per heavy atom. The van der Waals surface area contributed by atoms with Crippen LogP contribution in [0.5, 0.6) is 0 Å². The van der Waals surface area contributed by atoms with Crippen molar-refractivity contribution in [2.75, 3.05) is 23.3 Å². The predicted molar refractivity (Wildman–Crippen MR) is 117 cm³/mol. The van der Waals surface area contributed by atoms with Gasteiger partial charge in [0.1, 0.15) is 11.6 Å². The summed E-state index contributed by atoms with van der Waals surface area (Å²) in [5.41, 5.74) is 3.64. The topological polar surface area (TPSA) is 57.3 Å². The van der Waals surface area contributed by atoms with Crippen LogP contribution < -0.4 is 15.5 Å². The number of nitrogens with zero attached hydrogens (tertiary/aromatic N) is 2. The fraction of sp³-hybridized carbons (Fsp3) is 0.250. The third-order valence-electron chi connectivity index (χ3n) is 5.47. The van der Waals surface area contributed by atoms with Crippen molar-refractivity contribution in [2.45, 2.75) is 25.9 Å². The second-order valence-electron chi connectivity index (χ2n) is 7.61. The number of halogens is 1. The fourth-order valence-electron chi connectivity index (χ4n) is 3.64. The monoisotopic (exact) mass is 404 g/mol. The van der Waals surface area contributed by atoms with E-state index in [9.17, 15) is 9.18 Å². The van der Waals surface area contributed by atoms with E-state index in [1.54, 1.807) is 12.3 Å². The minimum Gasteiger partial charge on any atom is -0.355 e. The minimum absolute atomic E-state index is 0.264. The molecule has 1 aliphatic rings. The quantitative estimate of drug-likeness (QED) is 0.648. The summed E-state index contributed by atoms with van der Waals surface area (Å²) >= 11 is 0. The second kappa shape index (κ2) is 9.05. The van der Waals surface area contributed by atoms with Crippen LogP contribution in [0, 0.1) is 12.7 Å². The van der Waals surface area contributed by atoms with E-state index in [-0.39, 0.29) is 11.7 Å². The molecule has 0 radical (unpaired) electrons. The number of aromatic nitrogens is 1. The molecule has 0 spiro atoms. The standard InChI is InChI=1S/C24H25FN4O/c1-17-4-2-3-5-18(17)14-26-22-12-13-29(16-22)23-11-6-19(15-27-23)24(30)28-21-9-7-20(25)8-10-21/h2-11,15,22,26H,12-14,16H2,1H3,(H,28,30). The molecule has 0 bridgehead atoms. The fourth-order valence-corrected chi connectivity index (χ4v) is 3.64. The molecule has 6 heteroatoms. The molecule has 5 nitrogen and oxygen atoms in total. The van der Waals surface area contributed by atoms with Gasteiger partial charge in [-0.2, -0.15) is 0 Å². The molecule has 154 valence electrons. The van der Waals surface area contributed by atoms with Gasteiger partial charge in [-0.1, -0.05) is 24.3 Å². The number of pyridine rings is 1. The third-order valence-corrected chi connectivity index (χ3v) is 5.47. The van der Waals surface area contributed by atoms with E-state index in [0.29, 0.717) is 17.3 Å². The van der Waals surface area contributed by atoms with Crippen LogP contribution in [-0.2, 0) is 6.54 Å². The first-order valence-electron chi connectivity index (χ1n) is 10.1. The molecule has 1 unspecified atom stereocenters. The van der Waals surface area contributed by atoms with Crippen LogP contribution >= 0.6 is 0 Å². The highest BCUT2D eigenvalue weighted by molar-refractivity contribution is 6.04. The summed E-state index contributed by atoms with van der Waals surface area (Å²) in [7, 11) is 0. The van der Waals surface area contributed by atoms with E-state index in [0.717, 1.165) is 31.9 Å². The molecule has 3 aromatic rings. The maximum atomic E-state index is 13.0. The molecule has 0 aliphatic carbocycles. The van der Waals surface area contributed by atoms with Gasteiger partial charge in [0.15, 0.2) is 0 Å². The van der Waals surface area contributed by atoms with Crippen LogP contribution in [0.2, 0.25) is 0 Å². The summed E-state index contributed by atoms with van der Waals surface area (Å²) in [5.74, 6) is 0.268. The second-order valence-corrected chi connectivity index (χ2v) is 7.61. The average molecular weight is 404 g/mol. The maximum absolute atomic E-state index is 13.0. The Kier molecular flexibility index (Phi) is 6.05. The number of nitrogens with one attached hydrogen (secondary N) is 2. The van der Waals surface area contributed by atoms with Gasteiger partial charge in [0.25, 0.3) is 5.91 Å². The van der Waals surface area contributed by atoms with Crippen molar-refractivity contribution in [3.8, 4) is 0 Å². The molecule has 2 aromatic carbocycles. The SMILES string of the molecule is Cc1ccccc1CNC1CCN(c2ccc(C(=O)Nc3ccc(F)cc3)cn2)C1. The van der Waals surface area contributed by atoms with Gasteiger partial charge in [-0.15, -0.1) is 0 Å². The van der Waals surface area contributed by atoms with Crippen molar-refractivity contribution in [1.82, 2.24) is 10.3 Å². The van der Waals surface area contributed by atoms with E-state index in [1.807, 2.05) is 6.07 Å². The van der Waals surface area contributed by atoms with Crippen molar-refractivity contribution >= 4 is 17.4 Å². The lowest BCUT2D eigenvalue weighted by Gasteiger charge is -2.18. The average Bonchev–Trinajstić information content (AvgIpc) is 3.24. The maximum Gasteiger partial charge on any atom is 0.257 e. The number of hydrogen-bond acceptors (Lipinski definition) is 4. The number of aryl methyl sites for hydroxylation is 1. The Labute approximate surface area is 176 Å². The van der Waals surface area contributed by atoms with Gasteiger partial charge in [0, 0.05) is 37.6 Å². The molecule has 0 saturated carbocycles. The molecule has 1 atom stereocenters. The van der Waals surface area contributed by atoms with Crippen molar-refractivity contribution in [3.05, 3.63) is 89.4 Å². The highest BCUT2D eigenvalue weighted by Crippen LogP contribution is 2.19. The first kappa shape index (κ1) is 20.0. The highest BCUT2D eigenvalue weighted by atomic mass is 19.1. The molecule has 1 fully saturated rings. The van der Waals surface area contributed by atoms with E-state index >= 15 is 0 Å². The van der Waals surface area contributed by atoms with Crippen molar-refractivity contribution < 1.29 is 9.18 Å². The number of rotatable bonds is 6. The molecule has 1 amide bonds. The van der Waals surface area contributed by atoms with Gasteiger partial charge in [-0.3, -0.25) is 4.79 Å². The highest BCUT2D eigenvalue weighted by Gasteiger charge is 2.23. The number of hydrogen-bond donors (Lipinski definition) is 2. The van der Waals surface area contributed by atoms with Gasteiger partial charge in [-0.25, -0.2) is 9.37 Å². The summed E-state index contributed by atoms with van der Waals surface area (Å²) in [4.78, 5) is 19.1. The smallest absolute Gasteiger partial charge is 0.257 e. The number of amides is 1. The zero-order valence-electron chi connectivity index (χ0n) is 16.9. The molecule has 1 aromatic heterocycles. The lowest BCUT2D eigenvalue weighted by atomic mass is 10.1. The van der Waals surface area contributed by atoms with Crippen molar-refractivity contribution in [1.29, 1.82) is 0 Å². The van der Waals surface area contributed by atoms with Crippen LogP contribution in [0.3, 0.4) is 0 Å². The van der Waals surface area contributed by atoms with Crippen LogP contribution in [0.1, 0.15) is 27.9 Å². The summed E-state index contributed by atoms with van der Waals surface area (Å²) in [6, 6.07) is 18.2. The third kappa shape index (κ3) is 4.83. The first-order valence-corrected chi connectivity index (χ1v) is 10.1. The van der Waals surface area contributed by atoms with Gasteiger partial charge in [0.05, 0.1) is 5.56 Å². The largest absolute Gasteiger partial charge is 0.355 e. The van der Waals surface area contributed by atoms with Crippen LogP contribution in [0.15, 0.2) is 66.9 Å². The van der Waals surface area contributed by atoms with Crippen LogP contribution in [0.25, 0.3) is 0 Å². The zero-order valence-corrected chi connectivity index (χ0v) is 16.9. The normalized spacial score (nSPS) is 15.9. The van der Waals surface area contributed by atoms with Gasteiger partial charge in [-0.05, 0) is 60.9 Å². The summed E-state index contributed by atoms with van der Waals surface area (Å²) in [6.07, 6.45) is 2.64. The predicted octanol–water partition coefficient (Wildman–Crippen LogP) is 4.15. The zero-order chi connectivity index (χ0) is 20.9. The molecular formula is C24H25FN4O. The molecule has 30 heavy (non-hydrogen) atoms. The summed E-state index contributed by atoms with van der Waals surface area (Å²) < 4.78 is 13.0. The Hall–Kier alpha value is -3.25. The van der Waals surface area contributed by atoms with E-state index in [2.05, 4.69) is 51.7 Å². The first-order chi connectivity index (χ1) is 14.6. The van der Waals surface area contributed by atoms with Gasteiger partial charge < -0.3 is 15.5 Å². The lowest BCUT2D eigenvalue weighted by Crippen LogP contribution is -2.32. The van der Waals surface area contributed by atoms with Crippen LogP contribution in [0.4, 0.5) is 15.9 Å². The number of carbonyl (C=O) groups is 1. The molecule has 1 saturated heterocycles. The Bertz CT molecular complexity index is 1000.